The van der Waals surface area contributed by atoms with Gasteiger partial charge in [0.05, 0.1) is 6.61 Å². The van der Waals surface area contributed by atoms with Gasteiger partial charge in [-0.2, -0.15) is 0 Å². The Bertz CT molecular complexity index is 454. The van der Waals surface area contributed by atoms with Gasteiger partial charge in [0.15, 0.2) is 0 Å². The molecular weight excluding hydrogens is 288 g/mol. The summed E-state index contributed by atoms with van der Waals surface area (Å²) in [5.74, 6) is -0.172. The van der Waals surface area contributed by atoms with Crippen LogP contribution < -0.4 is 11.1 Å². The van der Waals surface area contributed by atoms with Gasteiger partial charge in [0, 0.05) is 16.2 Å². The van der Waals surface area contributed by atoms with Crippen LogP contribution in [0.15, 0.2) is 24.3 Å². The Morgan fingerprint density at radius 2 is 1.81 bits per heavy atom. The lowest BCUT2D eigenvalue weighted by Gasteiger charge is -2.27. The highest BCUT2D eigenvalue weighted by atomic mass is 35.5. The van der Waals surface area contributed by atoms with Crippen LogP contribution in [0.25, 0.3) is 0 Å². The minimum atomic E-state index is -0.267. The second kappa shape index (κ2) is 7.78. The molecule has 2 rings (SSSR count). The molecule has 0 aromatic heterocycles. The summed E-state index contributed by atoms with van der Waals surface area (Å²) < 4.78 is 5.53. The minimum absolute atomic E-state index is 0.0293. The molecule has 3 N–H and O–H groups in total. The summed E-state index contributed by atoms with van der Waals surface area (Å²) in [5, 5.41) is 3.41. The smallest absolute Gasteiger partial charge is 0.250 e. The highest BCUT2D eigenvalue weighted by Gasteiger charge is 2.26. The SMILES string of the molecule is NC1(COCC(=O)Nc2ccc(Cl)cc2)CCCCCC1. The standard InChI is InChI=1S/C16H23ClN2O2/c17-13-5-7-14(8-6-13)19-15(20)11-21-12-16(18)9-3-1-2-4-10-16/h5-8H,1-4,9-12,18H2,(H,19,20). The number of halogens is 1. The lowest BCUT2D eigenvalue weighted by molar-refractivity contribution is -0.121. The van der Waals surface area contributed by atoms with Gasteiger partial charge >= 0.3 is 0 Å². The first-order chi connectivity index (χ1) is 10.1. The molecule has 21 heavy (non-hydrogen) atoms. The fourth-order valence-electron chi connectivity index (χ4n) is 2.65. The first kappa shape index (κ1) is 16.3. The Balaban J connectivity index is 1.72. The van der Waals surface area contributed by atoms with Crippen LogP contribution in [0.3, 0.4) is 0 Å². The Morgan fingerprint density at radius 1 is 1.19 bits per heavy atom. The van der Waals surface area contributed by atoms with Crippen LogP contribution in [0.4, 0.5) is 5.69 Å². The van der Waals surface area contributed by atoms with Gasteiger partial charge in [-0.05, 0) is 37.1 Å². The Hall–Kier alpha value is -1.10. The first-order valence-electron chi connectivity index (χ1n) is 7.49. The number of carbonyl (C=O) groups excluding carboxylic acids is 1. The van der Waals surface area contributed by atoms with Gasteiger partial charge in [-0.25, -0.2) is 0 Å². The van der Waals surface area contributed by atoms with Crippen molar-refractivity contribution < 1.29 is 9.53 Å². The molecule has 0 spiro atoms. The van der Waals surface area contributed by atoms with Crippen molar-refractivity contribution in [2.45, 2.75) is 44.1 Å². The van der Waals surface area contributed by atoms with E-state index in [0.29, 0.717) is 17.3 Å². The first-order valence-corrected chi connectivity index (χ1v) is 7.87. The summed E-state index contributed by atoms with van der Waals surface area (Å²) in [6, 6.07) is 6.99. The molecule has 0 aliphatic heterocycles. The lowest BCUT2D eigenvalue weighted by atomic mass is 9.93. The second-order valence-corrected chi connectivity index (χ2v) is 6.26. The van der Waals surface area contributed by atoms with Gasteiger partial charge in [-0.3, -0.25) is 4.79 Å². The number of ether oxygens (including phenoxy) is 1. The molecule has 5 heteroatoms. The largest absolute Gasteiger partial charge is 0.370 e. The molecule has 0 bridgehead atoms. The van der Waals surface area contributed by atoms with Crippen molar-refractivity contribution >= 4 is 23.2 Å². The fraction of sp³-hybridized carbons (Fsp3) is 0.562. The van der Waals surface area contributed by atoms with E-state index in [-0.39, 0.29) is 18.1 Å². The Labute approximate surface area is 131 Å². The molecular formula is C16H23ClN2O2. The van der Waals surface area contributed by atoms with Gasteiger partial charge < -0.3 is 15.8 Å². The van der Waals surface area contributed by atoms with E-state index in [1.54, 1.807) is 24.3 Å². The number of nitrogens with one attached hydrogen (secondary N) is 1. The van der Waals surface area contributed by atoms with E-state index in [9.17, 15) is 4.79 Å². The molecule has 116 valence electrons. The molecule has 1 saturated carbocycles. The zero-order valence-electron chi connectivity index (χ0n) is 12.2. The lowest BCUT2D eigenvalue weighted by Crippen LogP contribution is -2.44. The fourth-order valence-corrected chi connectivity index (χ4v) is 2.78. The van der Waals surface area contributed by atoms with Crippen LogP contribution in [-0.4, -0.2) is 24.7 Å². The molecule has 1 amide bonds. The monoisotopic (exact) mass is 310 g/mol. The summed E-state index contributed by atoms with van der Waals surface area (Å²) in [7, 11) is 0. The maximum Gasteiger partial charge on any atom is 0.250 e. The second-order valence-electron chi connectivity index (χ2n) is 5.82. The number of hydrogen-bond donors (Lipinski definition) is 2. The summed E-state index contributed by atoms with van der Waals surface area (Å²) in [5.41, 5.74) is 6.79. The van der Waals surface area contributed by atoms with Crippen LogP contribution >= 0.6 is 11.6 Å². The van der Waals surface area contributed by atoms with Gasteiger partial charge in [0.1, 0.15) is 6.61 Å². The van der Waals surface area contributed by atoms with Gasteiger partial charge in [0.2, 0.25) is 5.91 Å². The third-order valence-corrected chi connectivity index (χ3v) is 4.10. The number of anilines is 1. The van der Waals surface area contributed by atoms with Gasteiger partial charge in [-0.15, -0.1) is 0 Å². The predicted octanol–water partition coefficient (Wildman–Crippen LogP) is 3.35. The van der Waals surface area contributed by atoms with Gasteiger partial charge in [0.25, 0.3) is 0 Å². The molecule has 1 aliphatic carbocycles. The molecule has 1 aromatic rings. The van der Waals surface area contributed by atoms with Gasteiger partial charge in [-0.1, -0.05) is 37.3 Å². The zero-order valence-corrected chi connectivity index (χ0v) is 13.0. The average Bonchev–Trinajstić information content (AvgIpc) is 2.66. The number of benzene rings is 1. The molecule has 1 aliphatic rings. The maximum absolute atomic E-state index is 11.8. The van der Waals surface area contributed by atoms with E-state index in [4.69, 9.17) is 22.1 Å². The van der Waals surface area contributed by atoms with Crippen molar-refractivity contribution in [2.24, 2.45) is 5.73 Å². The molecule has 0 atom stereocenters. The van der Waals surface area contributed by atoms with Crippen LogP contribution in [-0.2, 0) is 9.53 Å². The molecule has 1 aromatic carbocycles. The number of rotatable bonds is 5. The summed E-state index contributed by atoms with van der Waals surface area (Å²) >= 11 is 5.80. The summed E-state index contributed by atoms with van der Waals surface area (Å²) in [4.78, 5) is 11.8. The molecule has 0 radical (unpaired) electrons. The summed E-state index contributed by atoms with van der Waals surface area (Å²) in [6.45, 7) is 0.475. The third-order valence-electron chi connectivity index (χ3n) is 3.85. The van der Waals surface area contributed by atoms with Crippen LogP contribution in [0.1, 0.15) is 38.5 Å². The number of hydrogen-bond acceptors (Lipinski definition) is 3. The quantitative estimate of drug-likeness (QED) is 0.820. The van der Waals surface area contributed by atoms with Crippen LogP contribution in [0.5, 0.6) is 0 Å². The van der Waals surface area contributed by atoms with Crippen molar-refractivity contribution in [1.29, 1.82) is 0 Å². The Morgan fingerprint density at radius 3 is 2.43 bits per heavy atom. The van der Waals surface area contributed by atoms with Crippen molar-refractivity contribution in [1.82, 2.24) is 0 Å². The maximum atomic E-state index is 11.8. The number of amides is 1. The van der Waals surface area contributed by atoms with E-state index in [2.05, 4.69) is 5.32 Å². The molecule has 1 fully saturated rings. The van der Waals surface area contributed by atoms with Crippen molar-refractivity contribution in [3.63, 3.8) is 0 Å². The molecule has 0 unspecified atom stereocenters. The van der Waals surface area contributed by atoms with Crippen LogP contribution in [0.2, 0.25) is 5.02 Å². The van der Waals surface area contributed by atoms with E-state index in [1.165, 1.54) is 12.8 Å². The topological polar surface area (TPSA) is 64.3 Å². The van der Waals surface area contributed by atoms with E-state index < -0.39 is 0 Å². The molecule has 0 heterocycles. The minimum Gasteiger partial charge on any atom is -0.370 e. The third kappa shape index (κ3) is 5.65. The van der Waals surface area contributed by atoms with E-state index in [0.717, 1.165) is 25.7 Å². The number of nitrogens with two attached hydrogens (primary N) is 1. The summed E-state index contributed by atoms with van der Waals surface area (Å²) in [6.07, 6.45) is 6.75. The van der Waals surface area contributed by atoms with Crippen molar-refractivity contribution in [3.05, 3.63) is 29.3 Å². The highest BCUT2D eigenvalue weighted by Crippen LogP contribution is 2.25. The van der Waals surface area contributed by atoms with Crippen LogP contribution in [0, 0.1) is 0 Å². The van der Waals surface area contributed by atoms with Crippen molar-refractivity contribution in [3.8, 4) is 0 Å². The normalized spacial score (nSPS) is 18.0. The predicted molar refractivity (Wildman–Crippen MR) is 85.5 cm³/mol. The van der Waals surface area contributed by atoms with E-state index in [1.807, 2.05) is 0 Å². The Kier molecular flexibility index (Phi) is 6.03. The van der Waals surface area contributed by atoms with Crippen molar-refractivity contribution in [2.75, 3.05) is 18.5 Å². The van der Waals surface area contributed by atoms with E-state index >= 15 is 0 Å². The number of carbonyl (C=O) groups is 1. The molecule has 0 saturated heterocycles. The highest BCUT2D eigenvalue weighted by molar-refractivity contribution is 6.30. The average molecular weight is 311 g/mol. The molecule has 4 nitrogen and oxygen atoms in total. The zero-order chi connectivity index (χ0) is 15.1.